The molecule has 0 saturated carbocycles. The highest BCUT2D eigenvalue weighted by Gasteiger charge is 2.13. The number of rotatable bonds is 8. The van der Waals surface area contributed by atoms with Crippen LogP contribution in [0.2, 0.25) is 0 Å². The van der Waals surface area contributed by atoms with Crippen molar-refractivity contribution in [2.45, 2.75) is 6.92 Å². The predicted octanol–water partition coefficient (Wildman–Crippen LogP) is 6.60. The molecule has 7 nitrogen and oxygen atoms in total. The number of carbonyl (C=O) groups is 2. The molecule has 0 aliphatic carbocycles. The van der Waals surface area contributed by atoms with E-state index in [-0.39, 0.29) is 11.7 Å². The quantitative estimate of drug-likeness (QED) is 0.190. The van der Waals surface area contributed by atoms with Crippen LogP contribution >= 0.6 is 0 Å². The maximum atomic E-state index is 13.0. The van der Waals surface area contributed by atoms with Gasteiger partial charge in [0.1, 0.15) is 11.5 Å². The molecule has 5 aromatic rings. The number of benzene rings is 3. The fourth-order valence-corrected chi connectivity index (χ4v) is 3.99. The zero-order valence-electron chi connectivity index (χ0n) is 20.9. The molecule has 2 heterocycles. The number of ketones is 1. The normalized spacial score (nSPS) is 11.0. The Labute approximate surface area is 220 Å². The molecule has 0 radical (unpaired) electrons. The van der Waals surface area contributed by atoms with Crippen LogP contribution in [0.5, 0.6) is 5.75 Å². The number of nitrogens with zero attached hydrogens (tertiary/aromatic N) is 2. The Bertz CT molecular complexity index is 1600. The zero-order valence-corrected chi connectivity index (χ0v) is 20.9. The zero-order chi connectivity index (χ0) is 26.5. The topological polar surface area (TPSA) is 86.4 Å². The first-order valence-electron chi connectivity index (χ1n) is 12.0. The number of hydrogen-bond acceptors (Lipinski definition) is 5. The number of nitrogens with one attached hydrogen (secondary N) is 1. The fourth-order valence-electron chi connectivity index (χ4n) is 3.99. The van der Waals surface area contributed by atoms with Gasteiger partial charge in [0.25, 0.3) is 5.91 Å². The Morgan fingerprint density at radius 3 is 2.34 bits per heavy atom. The summed E-state index contributed by atoms with van der Waals surface area (Å²) in [4.78, 5) is 25.4. The molecule has 0 spiro atoms. The van der Waals surface area contributed by atoms with Crippen LogP contribution in [0.25, 0.3) is 23.0 Å². The van der Waals surface area contributed by atoms with E-state index in [1.165, 1.54) is 12.3 Å². The summed E-state index contributed by atoms with van der Waals surface area (Å²) >= 11 is 0. The molecule has 1 amide bonds. The third kappa shape index (κ3) is 5.32. The van der Waals surface area contributed by atoms with E-state index in [9.17, 15) is 9.59 Å². The molecule has 3 aromatic carbocycles. The molecule has 0 fully saturated rings. The lowest BCUT2D eigenvalue weighted by atomic mass is 10.1. The van der Waals surface area contributed by atoms with Crippen LogP contribution < -0.4 is 10.1 Å². The van der Waals surface area contributed by atoms with E-state index in [0.29, 0.717) is 22.6 Å². The number of anilines is 1. The molecular formula is C31H25N3O4. The van der Waals surface area contributed by atoms with Crippen LogP contribution in [-0.2, 0) is 0 Å². The molecule has 0 unspecified atom stereocenters. The van der Waals surface area contributed by atoms with Crippen molar-refractivity contribution in [3.63, 3.8) is 0 Å². The molecule has 0 bridgehead atoms. The molecule has 2 aromatic heterocycles. The van der Waals surface area contributed by atoms with Crippen LogP contribution in [0.4, 0.5) is 5.69 Å². The molecule has 5 rings (SSSR count). The van der Waals surface area contributed by atoms with Crippen LogP contribution in [0.3, 0.4) is 0 Å². The number of aryl methyl sites for hydroxylation is 1. The maximum Gasteiger partial charge on any atom is 0.259 e. The van der Waals surface area contributed by atoms with Gasteiger partial charge in [-0.2, -0.15) is 5.10 Å². The van der Waals surface area contributed by atoms with E-state index in [1.807, 2.05) is 60.8 Å². The van der Waals surface area contributed by atoms with Gasteiger partial charge in [-0.1, -0.05) is 18.2 Å². The SMILES string of the molecule is COc1ccc(-c2nn(-c3ccccc3)cc2/C=C/C(=O)c2ccc(NC(=O)c3ccoc3C)cc2)cc1. The van der Waals surface area contributed by atoms with Gasteiger partial charge in [0, 0.05) is 28.6 Å². The molecule has 7 heteroatoms. The minimum absolute atomic E-state index is 0.165. The van der Waals surface area contributed by atoms with E-state index < -0.39 is 0 Å². The summed E-state index contributed by atoms with van der Waals surface area (Å²) in [5.41, 5.74) is 4.91. The van der Waals surface area contributed by atoms with Crippen molar-refractivity contribution >= 4 is 23.5 Å². The summed E-state index contributed by atoms with van der Waals surface area (Å²) in [7, 11) is 1.62. The summed E-state index contributed by atoms with van der Waals surface area (Å²) in [6, 6.07) is 25.8. The standard InChI is InChI=1S/C31H25N3O4/c1-21-28(18-19-38-21)31(36)32-25-13-8-22(9-14-25)29(35)17-12-24-20-34(26-6-4-3-5-7-26)33-30(24)23-10-15-27(37-2)16-11-23/h3-20H,1-2H3,(H,32,36)/b17-12+. The molecule has 188 valence electrons. The first kappa shape index (κ1) is 24.5. The number of amides is 1. The van der Waals surface area contributed by atoms with E-state index in [4.69, 9.17) is 14.3 Å². The fraction of sp³-hybridized carbons (Fsp3) is 0.0645. The Kier molecular flexibility index (Phi) is 6.99. The highest BCUT2D eigenvalue weighted by Crippen LogP contribution is 2.27. The summed E-state index contributed by atoms with van der Waals surface area (Å²) in [5, 5.41) is 7.60. The second kappa shape index (κ2) is 10.8. The number of allylic oxidation sites excluding steroid dienone is 1. The van der Waals surface area contributed by atoms with Crippen molar-refractivity contribution in [3.05, 3.63) is 126 Å². The van der Waals surface area contributed by atoms with Gasteiger partial charge in [-0.05, 0) is 85.8 Å². The third-order valence-electron chi connectivity index (χ3n) is 6.07. The highest BCUT2D eigenvalue weighted by atomic mass is 16.5. The van der Waals surface area contributed by atoms with Gasteiger partial charge in [0.15, 0.2) is 5.78 Å². The number of para-hydroxylation sites is 1. The minimum Gasteiger partial charge on any atom is -0.497 e. The number of aromatic nitrogens is 2. The van der Waals surface area contributed by atoms with Crippen LogP contribution in [-0.4, -0.2) is 28.6 Å². The summed E-state index contributed by atoms with van der Waals surface area (Å²) in [5.74, 6) is 0.866. The number of hydrogen-bond donors (Lipinski definition) is 1. The van der Waals surface area contributed by atoms with E-state index in [2.05, 4.69) is 5.32 Å². The molecule has 0 saturated heterocycles. The Balaban J connectivity index is 1.37. The summed E-state index contributed by atoms with van der Waals surface area (Å²) in [6.45, 7) is 1.73. The van der Waals surface area contributed by atoms with Gasteiger partial charge >= 0.3 is 0 Å². The predicted molar refractivity (Wildman–Crippen MR) is 147 cm³/mol. The lowest BCUT2D eigenvalue weighted by molar-refractivity contribution is 0.102. The van der Waals surface area contributed by atoms with Crippen molar-refractivity contribution in [2.24, 2.45) is 0 Å². The van der Waals surface area contributed by atoms with Crippen LogP contribution in [0.1, 0.15) is 32.0 Å². The first-order valence-corrected chi connectivity index (χ1v) is 12.0. The van der Waals surface area contributed by atoms with Crippen molar-refractivity contribution in [1.29, 1.82) is 0 Å². The number of ether oxygens (including phenoxy) is 1. The number of furan rings is 1. The van der Waals surface area contributed by atoms with Gasteiger partial charge < -0.3 is 14.5 Å². The molecule has 38 heavy (non-hydrogen) atoms. The van der Waals surface area contributed by atoms with Gasteiger partial charge in [-0.25, -0.2) is 4.68 Å². The van der Waals surface area contributed by atoms with Crippen molar-refractivity contribution in [3.8, 4) is 22.7 Å². The van der Waals surface area contributed by atoms with Crippen LogP contribution in [0.15, 0.2) is 108 Å². The Morgan fingerprint density at radius 1 is 0.947 bits per heavy atom. The van der Waals surface area contributed by atoms with Gasteiger partial charge in [0.05, 0.1) is 30.3 Å². The Hall–Kier alpha value is -5.17. The molecule has 0 aliphatic rings. The highest BCUT2D eigenvalue weighted by molar-refractivity contribution is 6.08. The van der Waals surface area contributed by atoms with Gasteiger partial charge in [-0.3, -0.25) is 9.59 Å². The van der Waals surface area contributed by atoms with Crippen molar-refractivity contribution in [2.75, 3.05) is 12.4 Å². The molecule has 1 N–H and O–H groups in total. The monoisotopic (exact) mass is 503 g/mol. The summed E-state index contributed by atoms with van der Waals surface area (Å²) < 4.78 is 12.3. The van der Waals surface area contributed by atoms with E-state index >= 15 is 0 Å². The van der Waals surface area contributed by atoms with Crippen LogP contribution in [0, 0.1) is 6.92 Å². The molecule has 0 atom stereocenters. The number of methoxy groups -OCH3 is 1. The summed E-state index contributed by atoms with van der Waals surface area (Å²) in [6.07, 6.45) is 6.67. The average Bonchev–Trinajstić information content (AvgIpc) is 3.59. The Morgan fingerprint density at radius 2 is 1.68 bits per heavy atom. The second-order valence-corrected chi connectivity index (χ2v) is 8.56. The van der Waals surface area contributed by atoms with Crippen molar-refractivity contribution < 1.29 is 18.7 Å². The van der Waals surface area contributed by atoms with E-state index in [1.54, 1.807) is 55.1 Å². The minimum atomic E-state index is -0.267. The van der Waals surface area contributed by atoms with Gasteiger partial charge in [-0.15, -0.1) is 0 Å². The third-order valence-corrected chi connectivity index (χ3v) is 6.07. The second-order valence-electron chi connectivity index (χ2n) is 8.56. The molecule has 0 aliphatic heterocycles. The van der Waals surface area contributed by atoms with Crippen molar-refractivity contribution in [1.82, 2.24) is 9.78 Å². The lowest BCUT2D eigenvalue weighted by Crippen LogP contribution is -2.12. The van der Waals surface area contributed by atoms with Gasteiger partial charge in [0.2, 0.25) is 0 Å². The maximum absolute atomic E-state index is 13.0. The lowest BCUT2D eigenvalue weighted by Gasteiger charge is -2.05. The largest absolute Gasteiger partial charge is 0.497 e. The molecular weight excluding hydrogens is 478 g/mol. The van der Waals surface area contributed by atoms with E-state index in [0.717, 1.165) is 28.3 Å². The first-order chi connectivity index (χ1) is 18.5. The number of carbonyl (C=O) groups excluding carboxylic acids is 2. The average molecular weight is 504 g/mol. The smallest absolute Gasteiger partial charge is 0.259 e.